The zero-order valence-electron chi connectivity index (χ0n) is 9.51. The fraction of sp³-hybridized carbons (Fsp3) is 0.818. The lowest BCUT2D eigenvalue weighted by Gasteiger charge is -2.16. The number of hydrogen-bond acceptors (Lipinski definition) is 3. The van der Waals surface area contributed by atoms with Crippen molar-refractivity contribution in [1.82, 2.24) is 4.90 Å². The maximum atomic E-state index is 12.0. The second-order valence-corrected chi connectivity index (χ2v) is 5.34. The van der Waals surface area contributed by atoms with Crippen molar-refractivity contribution in [3.8, 4) is 0 Å². The third kappa shape index (κ3) is 1.59. The molecule has 5 heteroatoms. The van der Waals surface area contributed by atoms with Gasteiger partial charge < -0.3 is 15.1 Å². The fourth-order valence-corrected chi connectivity index (χ4v) is 2.70. The van der Waals surface area contributed by atoms with E-state index >= 15 is 0 Å². The first kappa shape index (κ1) is 11.4. The van der Waals surface area contributed by atoms with Gasteiger partial charge in [0.25, 0.3) is 0 Å². The number of hydrogen-bond donors (Lipinski definition) is 2. The number of carbonyl (C=O) groups is 2. The standard InChI is InChI=1S/C11H17NO4/c1-11(2)7(8(11)10(15)16)9(14)12-4-3-6(13)5-12/h6-8,13H,3-5H2,1-2H3,(H,15,16)/t6?,7-,8+/m1/s1. The van der Waals surface area contributed by atoms with Gasteiger partial charge in [0.05, 0.1) is 17.9 Å². The van der Waals surface area contributed by atoms with Crippen molar-refractivity contribution in [3.63, 3.8) is 0 Å². The Hall–Kier alpha value is -1.10. The van der Waals surface area contributed by atoms with E-state index in [0.717, 1.165) is 0 Å². The van der Waals surface area contributed by atoms with Crippen LogP contribution in [0.25, 0.3) is 0 Å². The number of β-amino-alcohol motifs (C(OH)–C–C–N with tert-alkyl or cyclic N) is 1. The molecule has 3 atom stereocenters. The highest BCUT2D eigenvalue weighted by atomic mass is 16.4. The van der Waals surface area contributed by atoms with Crippen molar-refractivity contribution < 1.29 is 19.8 Å². The van der Waals surface area contributed by atoms with Gasteiger partial charge >= 0.3 is 5.97 Å². The van der Waals surface area contributed by atoms with E-state index < -0.39 is 29.3 Å². The minimum atomic E-state index is -0.900. The van der Waals surface area contributed by atoms with Gasteiger partial charge in [0.15, 0.2) is 0 Å². The molecule has 1 aliphatic carbocycles. The van der Waals surface area contributed by atoms with Crippen molar-refractivity contribution in [3.05, 3.63) is 0 Å². The number of aliphatic hydroxyl groups is 1. The van der Waals surface area contributed by atoms with Crippen LogP contribution in [0, 0.1) is 17.3 Å². The Labute approximate surface area is 94.0 Å². The molecule has 1 saturated heterocycles. The Bertz CT molecular complexity index is 339. The first-order chi connectivity index (χ1) is 7.35. The van der Waals surface area contributed by atoms with E-state index in [2.05, 4.69) is 0 Å². The average Bonchev–Trinajstić information content (AvgIpc) is 2.54. The molecule has 16 heavy (non-hydrogen) atoms. The summed E-state index contributed by atoms with van der Waals surface area (Å²) < 4.78 is 0. The van der Waals surface area contributed by atoms with Crippen LogP contribution in [0.3, 0.4) is 0 Å². The van der Waals surface area contributed by atoms with E-state index in [-0.39, 0.29) is 5.91 Å². The van der Waals surface area contributed by atoms with Crippen LogP contribution in [-0.2, 0) is 9.59 Å². The molecule has 0 bridgehead atoms. The molecule has 1 aliphatic heterocycles. The summed E-state index contributed by atoms with van der Waals surface area (Å²) in [5.74, 6) is -2.01. The van der Waals surface area contributed by atoms with Crippen LogP contribution in [0.15, 0.2) is 0 Å². The van der Waals surface area contributed by atoms with E-state index in [9.17, 15) is 14.7 Å². The lowest BCUT2D eigenvalue weighted by molar-refractivity contribution is -0.141. The highest BCUT2D eigenvalue weighted by Gasteiger charge is 2.66. The van der Waals surface area contributed by atoms with Gasteiger partial charge in [-0.3, -0.25) is 9.59 Å². The van der Waals surface area contributed by atoms with E-state index in [1.54, 1.807) is 18.7 Å². The van der Waals surface area contributed by atoms with Gasteiger partial charge in [-0.1, -0.05) is 13.8 Å². The number of aliphatic hydroxyl groups excluding tert-OH is 1. The molecule has 1 saturated carbocycles. The Morgan fingerprint density at radius 2 is 1.94 bits per heavy atom. The lowest BCUT2D eigenvalue weighted by Crippen LogP contribution is -2.32. The molecule has 2 rings (SSSR count). The molecule has 0 radical (unpaired) electrons. The minimum absolute atomic E-state index is 0.117. The smallest absolute Gasteiger partial charge is 0.307 e. The topological polar surface area (TPSA) is 77.8 Å². The number of aliphatic carboxylic acids is 1. The van der Waals surface area contributed by atoms with Gasteiger partial charge in [-0.15, -0.1) is 0 Å². The van der Waals surface area contributed by atoms with Gasteiger partial charge in [0, 0.05) is 13.1 Å². The van der Waals surface area contributed by atoms with Crippen LogP contribution in [0.4, 0.5) is 0 Å². The summed E-state index contributed by atoms with van der Waals surface area (Å²) in [5, 5.41) is 18.3. The van der Waals surface area contributed by atoms with Crippen molar-refractivity contribution in [2.75, 3.05) is 13.1 Å². The zero-order chi connectivity index (χ0) is 12.1. The summed E-state index contributed by atoms with van der Waals surface area (Å²) >= 11 is 0. The first-order valence-electron chi connectivity index (χ1n) is 5.55. The molecule has 2 N–H and O–H groups in total. The number of carboxylic acid groups (broad SMARTS) is 1. The van der Waals surface area contributed by atoms with Crippen LogP contribution >= 0.6 is 0 Å². The van der Waals surface area contributed by atoms with Crippen LogP contribution in [-0.4, -0.2) is 46.2 Å². The van der Waals surface area contributed by atoms with Crippen molar-refractivity contribution >= 4 is 11.9 Å². The van der Waals surface area contributed by atoms with Gasteiger partial charge in [-0.25, -0.2) is 0 Å². The Morgan fingerprint density at radius 3 is 2.31 bits per heavy atom. The molecular weight excluding hydrogens is 210 g/mol. The minimum Gasteiger partial charge on any atom is -0.481 e. The van der Waals surface area contributed by atoms with E-state index in [1.165, 1.54) is 0 Å². The third-order valence-electron chi connectivity index (χ3n) is 3.83. The number of carboxylic acids is 1. The van der Waals surface area contributed by atoms with Crippen LogP contribution in [0.5, 0.6) is 0 Å². The largest absolute Gasteiger partial charge is 0.481 e. The summed E-state index contributed by atoms with van der Waals surface area (Å²) in [5.41, 5.74) is -0.448. The molecule has 0 aromatic rings. The third-order valence-corrected chi connectivity index (χ3v) is 3.83. The van der Waals surface area contributed by atoms with Crippen LogP contribution in [0.2, 0.25) is 0 Å². The molecule has 90 valence electrons. The molecule has 2 fully saturated rings. The monoisotopic (exact) mass is 227 g/mol. The van der Waals surface area contributed by atoms with Crippen LogP contribution in [0.1, 0.15) is 20.3 Å². The van der Waals surface area contributed by atoms with Gasteiger partial charge in [-0.2, -0.15) is 0 Å². The maximum Gasteiger partial charge on any atom is 0.307 e. The zero-order valence-corrected chi connectivity index (χ0v) is 9.51. The second-order valence-electron chi connectivity index (χ2n) is 5.34. The molecule has 1 unspecified atom stereocenters. The maximum absolute atomic E-state index is 12.0. The van der Waals surface area contributed by atoms with Crippen LogP contribution < -0.4 is 0 Å². The number of amides is 1. The highest BCUT2D eigenvalue weighted by molar-refractivity contribution is 5.91. The predicted octanol–water partition coefficient (Wildman–Crippen LogP) is -0.0636. The van der Waals surface area contributed by atoms with E-state index in [0.29, 0.717) is 19.5 Å². The first-order valence-corrected chi connectivity index (χ1v) is 5.55. The van der Waals surface area contributed by atoms with E-state index in [1.807, 2.05) is 0 Å². The lowest BCUT2D eigenvalue weighted by atomic mass is 10.1. The Morgan fingerprint density at radius 1 is 1.31 bits per heavy atom. The second kappa shape index (κ2) is 3.45. The molecule has 0 aromatic carbocycles. The fourth-order valence-electron chi connectivity index (χ4n) is 2.70. The van der Waals surface area contributed by atoms with Gasteiger partial charge in [0.1, 0.15) is 0 Å². The SMILES string of the molecule is CC1(C)[C@H](C(=O)O)[C@@H]1C(=O)N1CCC(O)C1. The summed E-state index contributed by atoms with van der Waals surface area (Å²) in [6.45, 7) is 4.50. The molecule has 5 nitrogen and oxygen atoms in total. The molecule has 1 amide bonds. The summed E-state index contributed by atoms with van der Waals surface area (Å²) in [6, 6.07) is 0. The molecular formula is C11H17NO4. The van der Waals surface area contributed by atoms with Gasteiger partial charge in [-0.05, 0) is 11.8 Å². The number of likely N-dealkylation sites (tertiary alicyclic amines) is 1. The molecule has 0 spiro atoms. The molecule has 2 aliphatic rings. The van der Waals surface area contributed by atoms with Crippen molar-refractivity contribution in [2.24, 2.45) is 17.3 Å². The molecule has 1 heterocycles. The van der Waals surface area contributed by atoms with Crippen molar-refractivity contribution in [1.29, 1.82) is 0 Å². The quantitative estimate of drug-likeness (QED) is 0.692. The highest BCUT2D eigenvalue weighted by Crippen LogP contribution is 2.59. The van der Waals surface area contributed by atoms with Crippen molar-refractivity contribution in [2.45, 2.75) is 26.4 Å². The predicted molar refractivity (Wildman–Crippen MR) is 55.6 cm³/mol. The number of nitrogens with zero attached hydrogens (tertiary/aromatic N) is 1. The number of rotatable bonds is 2. The number of carbonyl (C=O) groups excluding carboxylic acids is 1. The van der Waals surface area contributed by atoms with Gasteiger partial charge in [0.2, 0.25) is 5.91 Å². The summed E-state index contributed by atoms with van der Waals surface area (Å²) in [6.07, 6.45) is 0.144. The Balaban J connectivity index is 2.04. The van der Waals surface area contributed by atoms with E-state index in [4.69, 9.17) is 5.11 Å². The average molecular weight is 227 g/mol. The summed E-state index contributed by atoms with van der Waals surface area (Å²) in [7, 11) is 0. The summed E-state index contributed by atoms with van der Waals surface area (Å²) in [4.78, 5) is 24.6. The normalized spacial score (nSPS) is 36.2. The Kier molecular flexibility index (Phi) is 2.45. The molecule has 0 aromatic heterocycles.